The van der Waals surface area contributed by atoms with E-state index in [9.17, 15) is 0 Å². The summed E-state index contributed by atoms with van der Waals surface area (Å²) < 4.78 is 16.4. The molecule has 64 valence electrons. The van der Waals surface area contributed by atoms with Gasteiger partial charge in [0.25, 0.3) is 5.97 Å². The van der Waals surface area contributed by atoms with E-state index in [-0.39, 0.29) is 5.92 Å². The summed E-state index contributed by atoms with van der Waals surface area (Å²) in [4.78, 5) is 0. The average Bonchev–Trinajstić information content (AvgIpc) is 2.08. The van der Waals surface area contributed by atoms with Crippen LogP contribution >= 0.6 is 0 Å². The summed E-state index contributed by atoms with van der Waals surface area (Å²) in [5.74, 6) is 0.00810. The summed E-state index contributed by atoms with van der Waals surface area (Å²) in [5, 5.41) is 0. The Bertz CT molecular complexity index is 134. The van der Waals surface area contributed by atoms with Crippen LogP contribution in [0, 0.1) is 11.8 Å². The lowest BCUT2D eigenvalue weighted by molar-refractivity contribution is -0.464. The summed E-state index contributed by atoms with van der Waals surface area (Å²) >= 11 is 0. The summed E-state index contributed by atoms with van der Waals surface area (Å²) in [6.45, 7) is 6.46. The highest BCUT2D eigenvalue weighted by atomic mass is 16.9. The molecular formula is C8H14O3. The molecule has 0 radical (unpaired) electrons. The lowest BCUT2D eigenvalue weighted by Crippen LogP contribution is -2.56. The van der Waals surface area contributed by atoms with Gasteiger partial charge in [-0.25, -0.2) is 0 Å². The Morgan fingerprint density at radius 1 is 1.09 bits per heavy atom. The van der Waals surface area contributed by atoms with Crippen molar-refractivity contribution in [1.82, 2.24) is 0 Å². The summed E-state index contributed by atoms with van der Waals surface area (Å²) in [5.41, 5.74) is 0. The molecule has 3 aliphatic heterocycles. The normalized spacial score (nSPS) is 43.4. The molecule has 0 N–H and O–H groups in total. The van der Waals surface area contributed by atoms with Crippen LogP contribution in [0.15, 0.2) is 0 Å². The lowest BCUT2D eigenvalue weighted by atomic mass is 10.1. The van der Waals surface area contributed by atoms with Gasteiger partial charge < -0.3 is 14.2 Å². The number of rotatable bonds is 1. The fourth-order valence-corrected chi connectivity index (χ4v) is 1.47. The second-order valence-corrected chi connectivity index (χ2v) is 3.56. The molecule has 0 unspecified atom stereocenters. The molecule has 0 aliphatic carbocycles. The van der Waals surface area contributed by atoms with Gasteiger partial charge >= 0.3 is 0 Å². The van der Waals surface area contributed by atoms with E-state index >= 15 is 0 Å². The van der Waals surface area contributed by atoms with Crippen LogP contribution in [-0.2, 0) is 14.2 Å². The van der Waals surface area contributed by atoms with Crippen LogP contribution in [0.5, 0.6) is 0 Å². The third kappa shape index (κ3) is 1.08. The van der Waals surface area contributed by atoms with E-state index in [1.54, 1.807) is 0 Å². The highest BCUT2D eigenvalue weighted by Gasteiger charge is 2.46. The maximum absolute atomic E-state index is 5.48. The van der Waals surface area contributed by atoms with Gasteiger partial charge in [0.1, 0.15) is 0 Å². The third-order valence-corrected chi connectivity index (χ3v) is 2.27. The first-order valence-corrected chi connectivity index (χ1v) is 4.15. The van der Waals surface area contributed by atoms with Crippen molar-refractivity contribution in [2.45, 2.75) is 19.8 Å². The van der Waals surface area contributed by atoms with Crippen molar-refractivity contribution in [3.05, 3.63) is 0 Å². The first kappa shape index (κ1) is 7.53. The van der Waals surface area contributed by atoms with Crippen molar-refractivity contribution in [1.29, 1.82) is 0 Å². The molecule has 0 atom stereocenters. The average molecular weight is 158 g/mol. The largest absolute Gasteiger partial charge is 0.327 e. The van der Waals surface area contributed by atoms with Crippen LogP contribution in [0.3, 0.4) is 0 Å². The zero-order chi connectivity index (χ0) is 7.90. The molecule has 0 amide bonds. The fraction of sp³-hybridized carbons (Fsp3) is 1.00. The molecule has 2 bridgehead atoms. The van der Waals surface area contributed by atoms with Crippen molar-refractivity contribution in [3.63, 3.8) is 0 Å². The molecular weight excluding hydrogens is 144 g/mol. The van der Waals surface area contributed by atoms with Gasteiger partial charge in [0, 0.05) is 11.8 Å². The van der Waals surface area contributed by atoms with E-state index in [0.29, 0.717) is 5.92 Å². The minimum absolute atomic E-state index is 0.267. The highest BCUT2D eigenvalue weighted by Crippen LogP contribution is 2.35. The minimum Gasteiger partial charge on any atom is -0.327 e. The number of hydrogen-bond donors (Lipinski definition) is 0. The Balaban J connectivity index is 2.12. The first-order chi connectivity index (χ1) is 5.23. The molecule has 0 aromatic carbocycles. The van der Waals surface area contributed by atoms with E-state index in [1.165, 1.54) is 0 Å². The van der Waals surface area contributed by atoms with Gasteiger partial charge in [0.15, 0.2) is 0 Å². The van der Waals surface area contributed by atoms with Crippen LogP contribution < -0.4 is 0 Å². The zero-order valence-corrected chi connectivity index (χ0v) is 7.00. The molecule has 3 heteroatoms. The van der Waals surface area contributed by atoms with Gasteiger partial charge in [-0.2, -0.15) is 0 Å². The van der Waals surface area contributed by atoms with Crippen LogP contribution in [0.25, 0.3) is 0 Å². The Morgan fingerprint density at radius 3 is 1.82 bits per heavy atom. The second-order valence-electron chi connectivity index (χ2n) is 3.56. The molecule has 0 aromatic heterocycles. The predicted octanol–water partition coefficient (Wildman–Crippen LogP) is 0.989. The van der Waals surface area contributed by atoms with Crippen molar-refractivity contribution in [2.75, 3.05) is 19.8 Å². The van der Waals surface area contributed by atoms with E-state index in [4.69, 9.17) is 14.2 Å². The number of ether oxygens (including phenoxy) is 3. The molecule has 3 nitrogen and oxygen atoms in total. The third-order valence-electron chi connectivity index (χ3n) is 2.27. The molecule has 0 spiro atoms. The van der Waals surface area contributed by atoms with E-state index in [0.717, 1.165) is 19.8 Å². The van der Waals surface area contributed by atoms with Crippen LogP contribution in [0.4, 0.5) is 0 Å². The standard InChI is InChI=1S/C8H14O3/c1-6(2)8-9-3-7(4-10-8)5-11-8/h6-7H,3-5H2,1-2H3. The molecule has 3 heterocycles. The van der Waals surface area contributed by atoms with Gasteiger partial charge in [-0.3, -0.25) is 0 Å². The first-order valence-electron chi connectivity index (χ1n) is 4.15. The Hall–Kier alpha value is -0.120. The molecule has 3 fully saturated rings. The van der Waals surface area contributed by atoms with Gasteiger partial charge in [-0.15, -0.1) is 0 Å². The number of hydrogen-bond acceptors (Lipinski definition) is 3. The maximum Gasteiger partial charge on any atom is 0.285 e. The van der Waals surface area contributed by atoms with Crippen molar-refractivity contribution < 1.29 is 14.2 Å². The molecule has 0 saturated carbocycles. The molecule has 3 aliphatic rings. The Labute approximate surface area is 66.6 Å². The molecule has 0 aromatic rings. The molecule has 11 heavy (non-hydrogen) atoms. The van der Waals surface area contributed by atoms with Gasteiger partial charge in [-0.05, 0) is 0 Å². The Kier molecular flexibility index (Phi) is 1.67. The quantitative estimate of drug-likeness (QED) is 0.569. The molecule has 3 saturated heterocycles. The summed E-state index contributed by atoms with van der Waals surface area (Å²) in [6, 6.07) is 0. The van der Waals surface area contributed by atoms with Gasteiger partial charge in [0.05, 0.1) is 19.8 Å². The van der Waals surface area contributed by atoms with Crippen molar-refractivity contribution in [2.24, 2.45) is 11.8 Å². The zero-order valence-electron chi connectivity index (χ0n) is 7.00. The van der Waals surface area contributed by atoms with Crippen LogP contribution in [0.2, 0.25) is 0 Å². The van der Waals surface area contributed by atoms with Gasteiger partial charge in [0.2, 0.25) is 0 Å². The fourth-order valence-electron chi connectivity index (χ4n) is 1.47. The van der Waals surface area contributed by atoms with Crippen molar-refractivity contribution >= 4 is 0 Å². The second kappa shape index (κ2) is 2.44. The van der Waals surface area contributed by atoms with Crippen molar-refractivity contribution in [3.8, 4) is 0 Å². The number of fused-ring (bicyclic) bond motifs is 3. The van der Waals surface area contributed by atoms with Crippen LogP contribution in [0.1, 0.15) is 13.8 Å². The van der Waals surface area contributed by atoms with Crippen LogP contribution in [-0.4, -0.2) is 25.8 Å². The summed E-state index contributed by atoms with van der Waals surface area (Å²) in [6.07, 6.45) is 0. The lowest BCUT2D eigenvalue weighted by Gasteiger charge is -2.47. The highest BCUT2D eigenvalue weighted by molar-refractivity contribution is 4.76. The SMILES string of the molecule is CC(C)C12OCC(CO1)CO2. The topological polar surface area (TPSA) is 27.7 Å². The van der Waals surface area contributed by atoms with E-state index < -0.39 is 5.97 Å². The minimum atomic E-state index is -0.714. The Morgan fingerprint density at radius 2 is 1.55 bits per heavy atom. The summed E-state index contributed by atoms with van der Waals surface area (Å²) in [7, 11) is 0. The molecule has 3 rings (SSSR count). The van der Waals surface area contributed by atoms with E-state index in [1.807, 2.05) is 13.8 Å². The maximum atomic E-state index is 5.48. The van der Waals surface area contributed by atoms with E-state index in [2.05, 4.69) is 0 Å². The monoisotopic (exact) mass is 158 g/mol. The van der Waals surface area contributed by atoms with Gasteiger partial charge in [-0.1, -0.05) is 13.8 Å². The predicted molar refractivity (Wildman–Crippen MR) is 38.9 cm³/mol. The smallest absolute Gasteiger partial charge is 0.285 e.